The minimum atomic E-state index is -4.04. The van der Waals surface area contributed by atoms with Gasteiger partial charge >= 0.3 is 0 Å². The van der Waals surface area contributed by atoms with Gasteiger partial charge in [0.2, 0.25) is 10.0 Å². The predicted octanol–water partition coefficient (Wildman–Crippen LogP) is 2.95. The summed E-state index contributed by atoms with van der Waals surface area (Å²) in [5.41, 5.74) is 1.30. The molecule has 1 aliphatic rings. The number of anilines is 2. The molecule has 0 fully saturated rings. The Labute approximate surface area is 187 Å². The van der Waals surface area contributed by atoms with Crippen LogP contribution in [0.5, 0.6) is 0 Å². The highest BCUT2D eigenvalue weighted by Crippen LogP contribution is 2.33. The van der Waals surface area contributed by atoms with Gasteiger partial charge in [-0.3, -0.25) is 14.3 Å². The van der Waals surface area contributed by atoms with Crippen LogP contribution in [0.1, 0.15) is 53.5 Å². The van der Waals surface area contributed by atoms with Crippen molar-refractivity contribution in [3.63, 3.8) is 0 Å². The molecule has 9 nitrogen and oxygen atoms in total. The molecule has 0 saturated carbocycles. The van der Waals surface area contributed by atoms with E-state index >= 15 is 0 Å². The van der Waals surface area contributed by atoms with E-state index < -0.39 is 37.9 Å². The number of sulfonamides is 2. The quantitative estimate of drug-likeness (QED) is 0.628. The molecule has 0 saturated heterocycles. The van der Waals surface area contributed by atoms with Gasteiger partial charge in [-0.1, -0.05) is 13.0 Å². The Morgan fingerprint density at radius 2 is 1.78 bits per heavy atom. The predicted molar refractivity (Wildman–Crippen MR) is 122 cm³/mol. The van der Waals surface area contributed by atoms with E-state index in [9.17, 15) is 26.4 Å². The molecule has 2 aromatic carbocycles. The Morgan fingerprint density at radius 1 is 1.12 bits per heavy atom. The Kier molecular flexibility index (Phi) is 6.34. The van der Waals surface area contributed by atoms with Gasteiger partial charge in [-0.05, 0) is 63.1 Å². The van der Waals surface area contributed by atoms with Gasteiger partial charge < -0.3 is 5.32 Å². The summed E-state index contributed by atoms with van der Waals surface area (Å²) >= 11 is 0. The van der Waals surface area contributed by atoms with Crippen LogP contribution in [0.2, 0.25) is 0 Å². The Hall–Kier alpha value is -2.92. The van der Waals surface area contributed by atoms with E-state index in [2.05, 4.69) is 10.0 Å². The van der Waals surface area contributed by atoms with Crippen molar-refractivity contribution < 1.29 is 26.4 Å². The normalized spacial score (nSPS) is 15.0. The lowest BCUT2D eigenvalue weighted by Gasteiger charge is -2.18. The number of amides is 2. The van der Waals surface area contributed by atoms with Crippen LogP contribution in [0.3, 0.4) is 0 Å². The minimum absolute atomic E-state index is 0.0266. The first-order valence-corrected chi connectivity index (χ1v) is 13.1. The summed E-state index contributed by atoms with van der Waals surface area (Å²) in [5.74, 6) is -1.24. The molecular formula is C21H25N3O6S2. The molecule has 1 heterocycles. The maximum atomic E-state index is 12.8. The highest BCUT2D eigenvalue weighted by atomic mass is 32.2. The minimum Gasteiger partial charge on any atom is -0.322 e. The van der Waals surface area contributed by atoms with Crippen LogP contribution < -0.4 is 10.0 Å². The van der Waals surface area contributed by atoms with Gasteiger partial charge in [0.25, 0.3) is 21.8 Å². The fourth-order valence-electron chi connectivity index (χ4n) is 3.46. The highest BCUT2D eigenvalue weighted by molar-refractivity contribution is 7.92. The SMILES string of the molecule is CCCS(=O)(=O)Nc1cccc(NC(=O)c2ccc3c(c2)S(=O)(=O)N(C(C)C)C3=O)c1C. The van der Waals surface area contributed by atoms with Crippen molar-refractivity contribution >= 4 is 43.2 Å². The van der Waals surface area contributed by atoms with E-state index in [4.69, 9.17) is 0 Å². The van der Waals surface area contributed by atoms with Crippen LogP contribution in [0.25, 0.3) is 0 Å². The molecule has 0 spiro atoms. The zero-order chi connectivity index (χ0) is 23.8. The third-order valence-corrected chi connectivity index (χ3v) is 8.48. The average Bonchev–Trinajstić information content (AvgIpc) is 2.89. The smallest absolute Gasteiger partial charge is 0.269 e. The van der Waals surface area contributed by atoms with Gasteiger partial charge in [0, 0.05) is 17.3 Å². The van der Waals surface area contributed by atoms with Gasteiger partial charge in [-0.25, -0.2) is 21.1 Å². The third-order valence-electron chi connectivity index (χ3n) is 5.00. The largest absolute Gasteiger partial charge is 0.322 e. The molecule has 1 aliphatic heterocycles. The van der Waals surface area contributed by atoms with E-state index in [-0.39, 0.29) is 21.8 Å². The van der Waals surface area contributed by atoms with Crippen molar-refractivity contribution in [2.45, 2.75) is 45.1 Å². The molecule has 32 heavy (non-hydrogen) atoms. The van der Waals surface area contributed by atoms with Gasteiger partial charge in [0.15, 0.2) is 0 Å². The molecule has 0 aliphatic carbocycles. The lowest BCUT2D eigenvalue weighted by molar-refractivity contribution is 0.0846. The molecule has 2 N–H and O–H groups in total. The summed E-state index contributed by atoms with van der Waals surface area (Å²) in [5, 5.41) is 2.68. The van der Waals surface area contributed by atoms with Crippen molar-refractivity contribution in [1.82, 2.24) is 4.31 Å². The van der Waals surface area contributed by atoms with E-state index in [1.165, 1.54) is 18.2 Å². The Balaban J connectivity index is 1.90. The summed E-state index contributed by atoms with van der Waals surface area (Å²) in [6.45, 7) is 6.61. The zero-order valence-electron chi connectivity index (χ0n) is 18.2. The van der Waals surface area contributed by atoms with Crippen molar-refractivity contribution in [2.24, 2.45) is 0 Å². The first-order valence-electron chi connectivity index (χ1n) is 10.0. The standard InChI is InChI=1S/C21H25N3O6S2/c1-5-11-31(27,28)23-18-8-6-7-17(14(18)4)22-20(25)15-9-10-16-19(12-15)32(29,30)24(13(2)3)21(16)26/h6-10,12-13,23H,5,11H2,1-4H3,(H,22,25). The van der Waals surface area contributed by atoms with Crippen molar-refractivity contribution in [3.8, 4) is 0 Å². The van der Waals surface area contributed by atoms with E-state index in [1.807, 2.05) is 0 Å². The zero-order valence-corrected chi connectivity index (χ0v) is 19.8. The summed E-state index contributed by atoms with van der Waals surface area (Å²) in [6.07, 6.45) is 0.461. The maximum Gasteiger partial charge on any atom is 0.269 e. The number of carbonyl (C=O) groups is 2. The summed E-state index contributed by atoms with van der Waals surface area (Å²) < 4.78 is 53.0. The van der Waals surface area contributed by atoms with E-state index in [0.29, 0.717) is 23.4 Å². The number of hydrogen-bond acceptors (Lipinski definition) is 6. The number of rotatable bonds is 7. The van der Waals surface area contributed by atoms with Crippen LogP contribution >= 0.6 is 0 Å². The summed E-state index contributed by atoms with van der Waals surface area (Å²) in [4.78, 5) is 25.1. The van der Waals surface area contributed by atoms with Gasteiger partial charge in [0.05, 0.1) is 17.0 Å². The van der Waals surface area contributed by atoms with Crippen LogP contribution in [0, 0.1) is 6.92 Å². The van der Waals surface area contributed by atoms with Gasteiger partial charge in [0.1, 0.15) is 4.90 Å². The molecule has 0 bridgehead atoms. The van der Waals surface area contributed by atoms with Crippen molar-refractivity contribution in [2.75, 3.05) is 15.8 Å². The second-order valence-corrected chi connectivity index (χ2v) is 11.4. The number of nitrogens with one attached hydrogen (secondary N) is 2. The Morgan fingerprint density at radius 3 is 2.41 bits per heavy atom. The van der Waals surface area contributed by atoms with E-state index in [1.54, 1.807) is 45.9 Å². The lowest BCUT2D eigenvalue weighted by Crippen LogP contribution is -2.36. The van der Waals surface area contributed by atoms with Gasteiger partial charge in [-0.15, -0.1) is 0 Å². The monoisotopic (exact) mass is 479 g/mol. The second-order valence-electron chi connectivity index (χ2n) is 7.76. The molecule has 0 radical (unpaired) electrons. The molecule has 2 amide bonds. The number of carbonyl (C=O) groups excluding carboxylic acids is 2. The average molecular weight is 480 g/mol. The fraction of sp³-hybridized carbons (Fsp3) is 0.333. The van der Waals surface area contributed by atoms with Crippen molar-refractivity contribution in [1.29, 1.82) is 0 Å². The van der Waals surface area contributed by atoms with Crippen LogP contribution in [0.15, 0.2) is 41.3 Å². The molecule has 3 rings (SSSR count). The molecule has 0 aromatic heterocycles. The fourth-order valence-corrected chi connectivity index (χ4v) is 6.45. The van der Waals surface area contributed by atoms with Crippen LogP contribution in [-0.2, 0) is 20.0 Å². The topological polar surface area (TPSA) is 130 Å². The molecule has 172 valence electrons. The maximum absolute atomic E-state index is 12.8. The number of hydrogen-bond donors (Lipinski definition) is 2. The van der Waals surface area contributed by atoms with Crippen LogP contribution in [0.4, 0.5) is 11.4 Å². The highest BCUT2D eigenvalue weighted by Gasteiger charge is 2.42. The molecular weight excluding hydrogens is 454 g/mol. The second kappa shape index (κ2) is 8.55. The third kappa shape index (κ3) is 4.35. The number of benzene rings is 2. The first kappa shape index (κ1) is 23.7. The number of nitrogens with zero attached hydrogens (tertiary/aromatic N) is 1. The summed E-state index contributed by atoms with van der Waals surface area (Å²) in [7, 11) is -7.55. The molecule has 11 heteroatoms. The Bertz CT molecular complexity index is 1300. The first-order chi connectivity index (χ1) is 14.9. The van der Waals surface area contributed by atoms with E-state index in [0.717, 1.165) is 4.31 Å². The van der Waals surface area contributed by atoms with Gasteiger partial charge in [-0.2, -0.15) is 0 Å². The molecule has 0 unspecified atom stereocenters. The summed E-state index contributed by atoms with van der Waals surface area (Å²) in [6, 6.07) is 8.13. The molecule has 2 aromatic rings. The van der Waals surface area contributed by atoms with Crippen molar-refractivity contribution in [3.05, 3.63) is 53.1 Å². The molecule has 0 atom stereocenters. The van der Waals surface area contributed by atoms with Crippen LogP contribution in [-0.4, -0.2) is 44.7 Å². The number of fused-ring (bicyclic) bond motifs is 1. The lowest BCUT2D eigenvalue weighted by atomic mass is 10.1.